The predicted molar refractivity (Wildman–Crippen MR) is 74.4 cm³/mol. The first kappa shape index (κ1) is 10.1. The molecule has 0 heterocycles. The van der Waals surface area contributed by atoms with Gasteiger partial charge in [-0.1, -0.05) is 66.7 Å². The lowest BCUT2D eigenvalue weighted by Crippen LogP contribution is -1.85. The molecule has 0 unspecified atom stereocenters. The van der Waals surface area contributed by atoms with E-state index in [0.29, 0.717) is 0 Å². The molecule has 0 aromatic heterocycles. The summed E-state index contributed by atoms with van der Waals surface area (Å²) in [7, 11) is 0. The van der Waals surface area contributed by atoms with Crippen LogP contribution in [0.3, 0.4) is 0 Å². The fourth-order valence-electron chi connectivity index (χ4n) is 2.32. The fraction of sp³-hybridized carbons (Fsp3) is 0.0588. The molecule has 0 nitrogen and oxygen atoms in total. The highest BCUT2D eigenvalue weighted by Gasteiger charge is 2.12. The number of hydrogen-bond donors (Lipinski definition) is 0. The van der Waals surface area contributed by atoms with Gasteiger partial charge in [-0.15, -0.1) is 0 Å². The Morgan fingerprint density at radius 3 is 2.29 bits per heavy atom. The van der Waals surface area contributed by atoms with Crippen LogP contribution in [0.15, 0.2) is 60.7 Å². The molecule has 0 saturated heterocycles. The molecule has 0 saturated carbocycles. The van der Waals surface area contributed by atoms with E-state index in [2.05, 4.69) is 73.7 Å². The molecule has 0 amide bonds. The van der Waals surface area contributed by atoms with E-state index >= 15 is 0 Å². The van der Waals surface area contributed by atoms with E-state index < -0.39 is 0 Å². The van der Waals surface area contributed by atoms with E-state index in [9.17, 15) is 0 Å². The van der Waals surface area contributed by atoms with Crippen molar-refractivity contribution >= 4 is 17.2 Å². The summed E-state index contributed by atoms with van der Waals surface area (Å²) in [5, 5.41) is 0. The molecule has 0 bridgehead atoms. The molecule has 0 spiro atoms. The van der Waals surface area contributed by atoms with Gasteiger partial charge in [0, 0.05) is 0 Å². The zero-order chi connectivity index (χ0) is 11.7. The molecule has 0 N–H and O–H groups in total. The van der Waals surface area contributed by atoms with Crippen molar-refractivity contribution in [3.63, 3.8) is 0 Å². The Labute approximate surface area is 102 Å². The van der Waals surface area contributed by atoms with E-state index in [1.54, 1.807) is 0 Å². The SMILES string of the molecule is CC(=C1C=Cc2ccccc21)c1ccccc1. The van der Waals surface area contributed by atoms with E-state index in [1.165, 1.54) is 27.8 Å². The van der Waals surface area contributed by atoms with Crippen LogP contribution in [0.5, 0.6) is 0 Å². The standard InChI is InChI=1S/C17H14/c1-13(14-7-3-2-4-8-14)16-12-11-15-9-5-6-10-17(15)16/h2-12H,1H3. The minimum absolute atomic E-state index is 1.30. The van der Waals surface area contributed by atoms with Crippen LogP contribution in [-0.2, 0) is 0 Å². The topological polar surface area (TPSA) is 0 Å². The first-order valence-electron chi connectivity index (χ1n) is 5.90. The normalized spacial score (nSPS) is 15.8. The molecule has 1 aliphatic rings. The van der Waals surface area contributed by atoms with E-state index in [0.717, 1.165) is 0 Å². The number of fused-ring (bicyclic) bond motifs is 1. The number of benzene rings is 2. The maximum atomic E-state index is 2.22. The van der Waals surface area contributed by atoms with Crippen LogP contribution >= 0.6 is 0 Å². The lowest BCUT2D eigenvalue weighted by Gasteiger charge is -2.07. The smallest absolute Gasteiger partial charge is 0.0109 e. The summed E-state index contributed by atoms with van der Waals surface area (Å²) in [6, 6.07) is 19.1. The highest BCUT2D eigenvalue weighted by molar-refractivity contribution is 6.02. The molecule has 0 fully saturated rings. The summed E-state index contributed by atoms with van der Waals surface area (Å²) >= 11 is 0. The third-order valence-electron chi connectivity index (χ3n) is 3.29. The Bertz CT molecular complexity index is 601. The zero-order valence-corrected chi connectivity index (χ0v) is 9.85. The van der Waals surface area contributed by atoms with Gasteiger partial charge in [-0.25, -0.2) is 0 Å². The molecular formula is C17H14. The van der Waals surface area contributed by atoms with Crippen molar-refractivity contribution in [2.75, 3.05) is 0 Å². The van der Waals surface area contributed by atoms with Crippen molar-refractivity contribution < 1.29 is 0 Å². The molecule has 0 aliphatic heterocycles. The molecule has 2 aromatic rings. The summed E-state index contributed by atoms with van der Waals surface area (Å²) in [5.74, 6) is 0. The molecule has 0 atom stereocenters. The quantitative estimate of drug-likeness (QED) is 0.654. The monoisotopic (exact) mass is 218 g/mol. The van der Waals surface area contributed by atoms with Gasteiger partial charge in [0.15, 0.2) is 0 Å². The Morgan fingerprint density at radius 2 is 1.47 bits per heavy atom. The summed E-state index contributed by atoms with van der Waals surface area (Å²) in [4.78, 5) is 0. The second kappa shape index (κ2) is 4.06. The summed E-state index contributed by atoms with van der Waals surface area (Å²) < 4.78 is 0. The maximum absolute atomic E-state index is 2.22. The van der Waals surface area contributed by atoms with Crippen LogP contribution in [0.4, 0.5) is 0 Å². The van der Waals surface area contributed by atoms with Crippen molar-refractivity contribution in [1.29, 1.82) is 0 Å². The molecule has 82 valence electrons. The van der Waals surface area contributed by atoms with Gasteiger partial charge in [0.25, 0.3) is 0 Å². The third kappa shape index (κ3) is 1.72. The van der Waals surface area contributed by atoms with Gasteiger partial charge < -0.3 is 0 Å². The van der Waals surface area contributed by atoms with Crippen molar-refractivity contribution in [1.82, 2.24) is 0 Å². The summed E-state index contributed by atoms with van der Waals surface area (Å²) in [5.41, 5.74) is 6.63. The second-order valence-corrected chi connectivity index (χ2v) is 4.33. The first-order chi connectivity index (χ1) is 8.36. The number of hydrogen-bond acceptors (Lipinski definition) is 0. The fourth-order valence-corrected chi connectivity index (χ4v) is 2.32. The lowest BCUT2D eigenvalue weighted by atomic mass is 9.97. The third-order valence-corrected chi connectivity index (χ3v) is 3.29. The molecule has 0 radical (unpaired) electrons. The largest absolute Gasteiger partial charge is 0.0622 e. The van der Waals surface area contributed by atoms with Crippen molar-refractivity contribution in [3.8, 4) is 0 Å². The van der Waals surface area contributed by atoms with Gasteiger partial charge in [0.1, 0.15) is 0 Å². The molecule has 2 aromatic carbocycles. The van der Waals surface area contributed by atoms with Gasteiger partial charge in [0.05, 0.1) is 0 Å². The second-order valence-electron chi connectivity index (χ2n) is 4.33. The molecule has 3 rings (SSSR count). The minimum Gasteiger partial charge on any atom is -0.0622 e. The van der Waals surface area contributed by atoms with Crippen molar-refractivity contribution in [2.45, 2.75) is 6.92 Å². The first-order valence-corrected chi connectivity index (χ1v) is 5.90. The van der Waals surface area contributed by atoms with Crippen LogP contribution in [0, 0.1) is 0 Å². The molecular weight excluding hydrogens is 204 g/mol. The van der Waals surface area contributed by atoms with Gasteiger partial charge in [-0.2, -0.15) is 0 Å². The number of allylic oxidation sites excluding steroid dienone is 3. The van der Waals surface area contributed by atoms with Crippen molar-refractivity contribution in [3.05, 3.63) is 77.4 Å². The molecule has 17 heavy (non-hydrogen) atoms. The van der Waals surface area contributed by atoms with Crippen LogP contribution in [-0.4, -0.2) is 0 Å². The van der Waals surface area contributed by atoms with Gasteiger partial charge in [-0.05, 0) is 34.8 Å². The minimum atomic E-state index is 1.30. The highest BCUT2D eigenvalue weighted by atomic mass is 14.2. The average molecular weight is 218 g/mol. The summed E-state index contributed by atoms with van der Waals surface area (Å²) in [6.45, 7) is 2.19. The molecule has 0 heteroatoms. The Balaban J connectivity index is 2.15. The Morgan fingerprint density at radius 1 is 0.765 bits per heavy atom. The number of rotatable bonds is 1. The average Bonchev–Trinajstić information content (AvgIpc) is 2.83. The van der Waals surface area contributed by atoms with Crippen LogP contribution in [0.25, 0.3) is 17.2 Å². The highest BCUT2D eigenvalue weighted by Crippen LogP contribution is 2.34. The predicted octanol–water partition coefficient (Wildman–Crippen LogP) is 4.64. The molecule has 1 aliphatic carbocycles. The maximum Gasteiger partial charge on any atom is -0.0109 e. The Hall–Kier alpha value is -2.08. The van der Waals surface area contributed by atoms with Gasteiger partial charge >= 0.3 is 0 Å². The van der Waals surface area contributed by atoms with Crippen LogP contribution < -0.4 is 0 Å². The van der Waals surface area contributed by atoms with Gasteiger partial charge in [-0.3, -0.25) is 0 Å². The summed E-state index contributed by atoms with van der Waals surface area (Å²) in [6.07, 6.45) is 4.41. The van der Waals surface area contributed by atoms with E-state index in [-0.39, 0.29) is 0 Å². The zero-order valence-electron chi connectivity index (χ0n) is 9.85. The Kier molecular flexibility index (Phi) is 2.41. The van der Waals surface area contributed by atoms with Crippen molar-refractivity contribution in [2.24, 2.45) is 0 Å². The lowest BCUT2D eigenvalue weighted by molar-refractivity contribution is 1.55. The van der Waals surface area contributed by atoms with E-state index in [4.69, 9.17) is 0 Å². The van der Waals surface area contributed by atoms with Crippen LogP contribution in [0.1, 0.15) is 23.6 Å². The van der Waals surface area contributed by atoms with Gasteiger partial charge in [0.2, 0.25) is 0 Å². The van der Waals surface area contributed by atoms with Crippen LogP contribution in [0.2, 0.25) is 0 Å². The van der Waals surface area contributed by atoms with E-state index in [1.807, 2.05) is 0 Å².